The Morgan fingerprint density at radius 3 is 2.88 bits per heavy atom. The van der Waals surface area contributed by atoms with Gasteiger partial charge in [-0.1, -0.05) is 30.3 Å². The zero-order valence-electron chi connectivity index (χ0n) is 13.6. The number of fused-ring (bicyclic) bond motifs is 2. The van der Waals surface area contributed by atoms with Crippen LogP contribution in [0.4, 0.5) is 0 Å². The molecule has 2 fully saturated rings. The van der Waals surface area contributed by atoms with E-state index in [-0.39, 0.29) is 17.9 Å². The van der Waals surface area contributed by atoms with Gasteiger partial charge in [0, 0.05) is 24.2 Å². The van der Waals surface area contributed by atoms with Crippen molar-refractivity contribution in [2.75, 3.05) is 0 Å². The average Bonchev–Trinajstić information content (AvgIpc) is 3.35. The van der Waals surface area contributed by atoms with Gasteiger partial charge in [0.15, 0.2) is 0 Å². The van der Waals surface area contributed by atoms with Crippen LogP contribution in [0.25, 0.3) is 0 Å². The second-order valence-electron chi connectivity index (χ2n) is 6.78. The highest BCUT2D eigenvalue weighted by Gasteiger charge is 2.51. The molecule has 1 N–H and O–H groups in total. The Bertz CT molecular complexity index is 674. The van der Waals surface area contributed by atoms with Gasteiger partial charge >= 0.3 is 5.97 Å². The predicted molar refractivity (Wildman–Crippen MR) is 93.3 cm³/mol. The van der Waals surface area contributed by atoms with Crippen LogP contribution < -0.4 is 5.32 Å². The lowest BCUT2D eigenvalue weighted by Gasteiger charge is -2.30. The normalized spacial score (nSPS) is 28.2. The molecule has 24 heavy (non-hydrogen) atoms. The smallest absolute Gasteiger partial charge is 0.311 e. The molecule has 2 aliphatic rings. The Labute approximate surface area is 146 Å². The van der Waals surface area contributed by atoms with Gasteiger partial charge in [-0.15, -0.1) is 11.3 Å². The number of hydrogen-bond acceptors (Lipinski definition) is 5. The first-order chi connectivity index (χ1) is 11.8. The zero-order valence-corrected chi connectivity index (χ0v) is 14.4. The Kier molecular flexibility index (Phi) is 4.63. The van der Waals surface area contributed by atoms with Gasteiger partial charge in [0.25, 0.3) is 0 Å². The molecule has 0 spiro atoms. The van der Waals surface area contributed by atoms with Gasteiger partial charge in [-0.2, -0.15) is 0 Å². The highest BCUT2D eigenvalue weighted by molar-refractivity contribution is 7.09. The standard InChI is InChI=1S/C19H22N2O2S/c22-19(23-12-13-4-2-1-3-5-13)17-14-6-7-15(10-14)18(17)21-11-16-20-8-9-24-16/h1-5,8-9,14-15,17-18,21H,6-7,10-12H2. The fourth-order valence-corrected chi connectivity index (χ4v) is 4.86. The summed E-state index contributed by atoms with van der Waals surface area (Å²) in [4.78, 5) is 17.0. The lowest BCUT2D eigenvalue weighted by Crippen LogP contribution is -2.44. The second kappa shape index (κ2) is 7.03. The van der Waals surface area contributed by atoms with Crippen molar-refractivity contribution in [2.24, 2.45) is 17.8 Å². The van der Waals surface area contributed by atoms with Crippen molar-refractivity contribution in [3.63, 3.8) is 0 Å². The van der Waals surface area contributed by atoms with Crippen molar-refractivity contribution >= 4 is 17.3 Å². The monoisotopic (exact) mass is 342 g/mol. The number of rotatable bonds is 6. The number of hydrogen-bond donors (Lipinski definition) is 1. The molecular formula is C19H22N2O2S. The number of ether oxygens (including phenoxy) is 1. The number of benzene rings is 1. The van der Waals surface area contributed by atoms with Gasteiger partial charge in [-0.25, -0.2) is 4.98 Å². The summed E-state index contributed by atoms with van der Waals surface area (Å²) in [6.45, 7) is 1.11. The van der Waals surface area contributed by atoms with Crippen molar-refractivity contribution in [1.82, 2.24) is 10.3 Å². The fraction of sp³-hybridized carbons (Fsp3) is 0.474. The molecule has 1 aromatic carbocycles. The van der Waals surface area contributed by atoms with E-state index in [1.54, 1.807) is 11.3 Å². The minimum absolute atomic E-state index is 0.00701. The Hall–Kier alpha value is -1.72. The van der Waals surface area contributed by atoms with Gasteiger partial charge in [0.2, 0.25) is 0 Å². The van der Waals surface area contributed by atoms with Crippen LogP contribution in [0.1, 0.15) is 29.8 Å². The van der Waals surface area contributed by atoms with Gasteiger partial charge in [-0.3, -0.25) is 4.79 Å². The molecule has 2 bridgehead atoms. The van der Waals surface area contributed by atoms with Crippen LogP contribution in [0.15, 0.2) is 41.9 Å². The van der Waals surface area contributed by atoms with Crippen molar-refractivity contribution in [3.05, 3.63) is 52.5 Å². The van der Waals surface area contributed by atoms with Crippen LogP contribution in [0.5, 0.6) is 0 Å². The molecule has 0 amide bonds. The molecule has 0 saturated heterocycles. The zero-order chi connectivity index (χ0) is 16.4. The number of carbonyl (C=O) groups is 1. The van der Waals surface area contributed by atoms with E-state index in [1.807, 2.05) is 41.9 Å². The molecule has 0 aliphatic heterocycles. The summed E-state index contributed by atoms with van der Waals surface area (Å²) in [5.74, 6) is 1.03. The van der Waals surface area contributed by atoms with Crippen LogP contribution in [-0.2, 0) is 22.7 Å². The molecule has 0 radical (unpaired) electrons. The SMILES string of the molecule is O=C(OCc1ccccc1)C1C2CCC(C2)C1NCc1nccs1. The van der Waals surface area contributed by atoms with E-state index >= 15 is 0 Å². The van der Waals surface area contributed by atoms with Crippen LogP contribution >= 0.6 is 11.3 Å². The molecule has 1 aromatic heterocycles. The molecule has 2 aliphatic carbocycles. The number of aromatic nitrogens is 1. The van der Waals surface area contributed by atoms with Crippen LogP contribution in [0.2, 0.25) is 0 Å². The molecular weight excluding hydrogens is 320 g/mol. The number of esters is 1. The molecule has 5 heteroatoms. The molecule has 126 valence electrons. The van der Waals surface area contributed by atoms with E-state index in [0.29, 0.717) is 18.4 Å². The Balaban J connectivity index is 1.38. The third-order valence-electron chi connectivity index (χ3n) is 5.38. The van der Waals surface area contributed by atoms with E-state index in [0.717, 1.165) is 30.0 Å². The first kappa shape index (κ1) is 15.8. The summed E-state index contributed by atoms with van der Waals surface area (Å²) >= 11 is 1.65. The first-order valence-corrected chi connectivity index (χ1v) is 9.51. The van der Waals surface area contributed by atoms with E-state index in [4.69, 9.17) is 4.74 Å². The average molecular weight is 342 g/mol. The van der Waals surface area contributed by atoms with Crippen molar-refractivity contribution < 1.29 is 9.53 Å². The summed E-state index contributed by atoms with van der Waals surface area (Å²) in [6, 6.07) is 10.1. The number of thiazole rings is 1. The summed E-state index contributed by atoms with van der Waals surface area (Å²) in [6.07, 6.45) is 5.36. The predicted octanol–water partition coefficient (Wildman–Crippen LogP) is 3.39. The Morgan fingerprint density at radius 1 is 1.25 bits per heavy atom. The minimum atomic E-state index is -0.0392. The Morgan fingerprint density at radius 2 is 2.08 bits per heavy atom. The number of carbonyl (C=O) groups excluding carboxylic acids is 1. The third-order valence-corrected chi connectivity index (χ3v) is 6.16. The van der Waals surface area contributed by atoms with E-state index in [9.17, 15) is 4.79 Å². The molecule has 4 atom stereocenters. The lowest BCUT2D eigenvalue weighted by molar-refractivity contribution is -0.152. The number of nitrogens with one attached hydrogen (secondary N) is 1. The van der Waals surface area contributed by atoms with Gasteiger partial charge < -0.3 is 10.1 Å². The van der Waals surface area contributed by atoms with Gasteiger partial charge in [0.1, 0.15) is 11.6 Å². The molecule has 4 rings (SSSR count). The first-order valence-electron chi connectivity index (χ1n) is 8.63. The molecule has 2 saturated carbocycles. The molecule has 4 nitrogen and oxygen atoms in total. The van der Waals surface area contributed by atoms with Crippen LogP contribution in [0, 0.1) is 17.8 Å². The minimum Gasteiger partial charge on any atom is -0.461 e. The second-order valence-corrected chi connectivity index (χ2v) is 7.76. The lowest BCUT2D eigenvalue weighted by atomic mass is 9.84. The summed E-state index contributed by atoms with van der Waals surface area (Å²) in [5, 5.41) is 6.66. The summed E-state index contributed by atoms with van der Waals surface area (Å²) in [7, 11) is 0. The van der Waals surface area contributed by atoms with Crippen molar-refractivity contribution in [3.8, 4) is 0 Å². The molecule has 4 unspecified atom stereocenters. The third kappa shape index (κ3) is 3.23. The maximum atomic E-state index is 12.7. The largest absolute Gasteiger partial charge is 0.461 e. The van der Waals surface area contributed by atoms with E-state index in [2.05, 4.69) is 10.3 Å². The van der Waals surface area contributed by atoms with E-state index in [1.165, 1.54) is 6.42 Å². The molecule has 2 aromatic rings. The summed E-state index contributed by atoms with van der Waals surface area (Å²) < 4.78 is 5.64. The topological polar surface area (TPSA) is 51.2 Å². The van der Waals surface area contributed by atoms with Gasteiger partial charge in [-0.05, 0) is 36.7 Å². The highest BCUT2D eigenvalue weighted by atomic mass is 32.1. The quantitative estimate of drug-likeness (QED) is 0.818. The number of nitrogens with zero attached hydrogens (tertiary/aromatic N) is 1. The van der Waals surface area contributed by atoms with Crippen LogP contribution in [-0.4, -0.2) is 17.0 Å². The maximum absolute atomic E-state index is 12.7. The van der Waals surface area contributed by atoms with Crippen LogP contribution in [0.3, 0.4) is 0 Å². The van der Waals surface area contributed by atoms with Crippen molar-refractivity contribution in [1.29, 1.82) is 0 Å². The van der Waals surface area contributed by atoms with Gasteiger partial charge in [0.05, 0.1) is 5.92 Å². The maximum Gasteiger partial charge on any atom is 0.311 e. The van der Waals surface area contributed by atoms with E-state index < -0.39 is 0 Å². The summed E-state index contributed by atoms with van der Waals surface area (Å²) in [5.41, 5.74) is 1.04. The fourth-order valence-electron chi connectivity index (χ4n) is 4.29. The van der Waals surface area contributed by atoms with Crippen molar-refractivity contribution in [2.45, 2.75) is 38.5 Å². The molecule has 1 heterocycles. The highest BCUT2D eigenvalue weighted by Crippen LogP contribution is 2.49.